The van der Waals surface area contributed by atoms with Gasteiger partial charge in [-0.15, -0.1) is 0 Å². The van der Waals surface area contributed by atoms with Crippen LogP contribution in [0.2, 0.25) is 0 Å². The number of sulfonamides is 1. The number of aliphatic hydroxyl groups is 1. The molecule has 0 aliphatic rings. The summed E-state index contributed by atoms with van der Waals surface area (Å²) in [5, 5.41) is 17.0. The Morgan fingerprint density at radius 2 is 1.54 bits per heavy atom. The van der Waals surface area contributed by atoms with Crippen molar-refractivity contribution in [1.29, 1.82) is 0 Å². The molecular formula is C26H46N7O7S+. The number of carbonyl (C=O) groups is 4. The van der Waals surface area contributed by atoms with Gasteiger partial charge in [0.25, 0.3) is 0 Å². The molecule has 232 valence electrons. The molecule has 0 spiro atoms. The van der Waals surface area contributed by atoms with Crippen molar-refractivity contribution in [2.75, 3.05) is 34.3 Å². The number of nitrogens with zero attached hydrogens (tertiary/aromatic N) is 2. The van der Waals surface area contributed by atoms with Crippen molar-refractivity contribution in [3.05, 3.63) is 24.5 Å². The summed E-state index contributed by atoms with van der Waals surface area (Å²) in [5.74, 6) is -3.06. The third-order valence-electron chi connectivity index (χ3n) is 6.06. The summed E-state index contributed by atoms with van der Waals surface area (Å²) >= 11 is 0. The summed E-state index contributed by atoms with van der Waals surface area (Å²) in [6.45, 7) is 5.14. The molecule has 0 unspecified atom stereocenters. The Bertz CT molecular complexity index is 1120. The van der Waals surface area contributed by atoms with Gasteiger partial charge in [0.15, 0.2) is 0 Å². The van der Waals surface area contributed by atoms with E-state index in [0.29, 0.717) is 10.9 Å². The van der Waals surface area contributed by atoms with Gasteiger partial charge >= 0.3 is 0 Å². The summed E-state index contributed by atoms with van der Waals surface area (Å²) in [6.07, 6.45) is 4.33. The summed E-state index contributed by atoms with van der Waals surface area (Å²) in [6, 6.07) is -1.93. The third-order valence-corrected chi connectivity index (χ3v) is 7.58. The molecule has 0 fully saturated rings. The van der Waals surface area contributed by atoms with Crippen molar-refractivity contribution in [1.82, 2.24) is 25.7 Å². The van der Waals surface area contributed by atoms with E-state index in [9.17, 15) is 32.7 Å². The molecule has 15 heteroatoms. The van der Waals surface area contributed by atoms with E-state index in [1.807, 2.05) is 35.0 Å². The molecule has 0 saturated carbocycles. The number of aliphatic hydroxyl groups excluding tert-OH is 1. The highest BCUT2D eigenvalue weighted by molar-refractivity contribution is 7.89. The van der Waals surface area contributed by atoms with Crippen LogP contribution >= 0.6 is 0 Å². The third kappa shape index (κ3) is 13.4. The lowest BCUT2D eigenvalue weighted by Crippen LogP contribution is -2.58. The minimum Gasteiger partial charge on any atom is -0.394 e. The second-order valence-corrected chi connectivity index (χ2v) is 13.2. The molecule has 41 heavy (non-hydrogen) atoms. The Hall–Kier alpha value is -3.14. The summed E-state index contributed by atoms with van der Waals surface area (Å²) < 4.78 is 28.2. The molecule has 14 nitrogen and oxygen atoms in total. The first-order valence-electron chi connectivity index (χ1n) is 13.5. The zero-order chi connectivity index (χ0) is 31.4. The van der Waals surface area contributed by atoms with Gasteiger partial charge < -0.3 is 31.3 Å². The van der Waals surface area contributed by atoms with Crippen LogP contribution in [-0.2, 0) is 29.2 Å². The number of pyridine rings is 1. The van der Waals surface area contributed by atoms with Crippen LogP contribution in [0.25, 0.3) is 0 Å². The minimum atomic E-state index is -4.04. The first-order valence-corrected chi connectivity index (χ1v) is 15.0. The topological polar surface area (TPSA) is 210 Å². The number of aromatic nitrogens is 1. The number of primary amides is 1. The van der Waals surface area contributed by atoms with Gasteiger partial charge in [0.2, 0.25) is 33.7 Å². The van der Waals surface area contributed by atoms with Gasteiger partial charge in [-0.1, -0.05) is 13.8 Å². The molecule has 1 rings (SSSR count). The van der Waals surface area contributed by atoms with Gasteiger partial charge in [0.05, 0.1) is 40.3 Å². The molecular weight excluding hydrogens is 554 g/mol. The smallest absolute Gasteiger partial charge is 0.243 e. The lowest BCUT2D eigenvalue weighted by molar-refractivity contribution is -0.870. The van der Waals surface area contributed by atoms with Gasteiger partial charge in [-0.05, 0) is 50.7 Å². The maximum absolute atomic E-state index is 13.3. The molecule has 1 heterocycles. The zero-order valence-electron chi connectivity index (χ0n) is 24.7. The summed E-state index contributed by atoms with van der Waals surface area (Å²) in [7, 11) is 2.04. The number of carbonyl (C=O) groups excluding carboxylic acids is 4. The molecule has 0 radical (unpaired) electrons. The van der Waals surface area contributed by atoms with Crippen molar-refractivity contribution in [3.63, 3.8) is 0 Å². The van der Waals surface area contributed by atoms with Crippen LogP contribution in [-0.4, -0.2) is 105 Å². The fourth-order valence-corrected chi connectivity index (χ4v) is 4.98. The molecule has 0 aliphatic heterocycles. The molecule has 4 amide bonds. The second-order valence-electron chi connectivity index (χ2n) is 11.4. The van der Waals surface area contributed by atoms with Gasteiger partial charge in [0.1, 0.15) is 23.0 Å². The van der Waals surface area contributed by atoms with Crippen molar-refractivity contribution in [2.45, 2.75) is 75.5 Å². The lowest BCUT2D eigenvalue weighted by atomic mass is 10.0. The highest BCUT2D eigenvalue weighted by atomic mass is 32.2. The normalized spacial score (nSPS) is 14.9. The number of rotatable bonds is 18. The standard InChI is InChI=1S/C26H45N7O7S/c1-17(2)14-21(30-24(36)18(3)32-41(39,40)19-10-9-12-28-15-19)26(38)29-20(11-7-8-13-33(4,5)6)25(37)31-22(16-34)23(27)35/h9-10,12,15,17-18,20-22,32,34H,7-8,11,13-14,16H2,1-6H3,(H4-,27,29,30,31,35,36,37,38)/p+1/t18-,20-,21-,22-/m0/s1. The average Bonchev–Trinajstić information content (AvgIpc) is 2.87. The SMILES string of the molecule is CC(C)C[C@H](NC(=O)[C@H](C)NS(=O)(=O)c1cccnc1)C(=O)N[C@@H](CCCC[N+](C)(C)C)C(=O)N[C@@H](CO)C(N)=O. The minimum absolute atomic E-state index is 0.0427. The lowest BCUT2D eigenvalue weighted by Gasteiger charge is -2.27. The fourth-order valence-electron chi connectivity index (χ4n) is 3.81. The Kier molecular flexibility index (Phi) is 14.3. The quantitative estimate of drug-likeness (QED) is 0.0870. The van der Waals surface area contributed by atoms with Crippen LogP contribution in [0.1, 0.15) is 46.5 Å². The van der Waals surface area contributed by atoms with E-state index in [2.05, 4.69) is 25.7 Å². The Labute approximate surface area is 242 Å². The average molecular weight is 601 g/mol. The zero-order valence-corrected chi connectivity index (χ0v) is 25.5. The molecule has 0 aromatic carbocycles. The first-order chi connectivity index (χ1) is 19.0. The van der Waals surface area contributed by atoms with Crippen LogP contribution in [0.15, 0.2) is 29.4 Å². The first kappa shape index (κ1) is 35.9. The van der Waals surface area contributed by atoms with E-state index in [0.717, 1.165) is 19.2 Å². The van der Waals surface area contributed by atoms with E-state index in [-0.39, 0.29) is 23.7 Å². The number of nitrogens with two attached hydrogens (primary N) is 1. The van der Waals surface area contributed by atoms with Crippen LogP contribution in [0.5, 0.6) is 0 Å². The van der Waals surface area contributed by atoms with Crippen molar-refractivity contribution < 1.29 is 37.2 Å². The number of unbranched alkanes of at least 4 members (excludes halogenated alkanes) is 1. The molecule has 1 aromatic rings. The van der Waals surface area contributed by atoms with Crippen LogP contribution in [0, 0.1) is 5.92 Å². The molecule has 0 saturated heterocycles. The fraction of sp³-hybridized carbons (Fsp3) is 0.654. The van der Waals surface area contributed by atoms with Crippen LogP contribution < -0.4 is 26.4 Å². The molecule has 0 bridgehead atoms. The summed E-state index contributed by atoms with van der Waals surface area (Å²) in [4.78, 5) is 54.5. The maximum atomic E-state index is 13.3. The van der Waals surface area contributed by atoms with Crippen LogP contribution in [0.3, 0.4) is 0 Å². The van der Waals surface area contributed by atoms with Crippen molar-refractivity contribution >= 4 is 33.7 Å². The van der Waals surface area contributed by atoms with Gasteiger partial charge in [-0.25, -0.2) is 8.42 Å². The van der Waals surface area contributed by atoms with E-state index < -0.39 is 64.4 Å². The van der Waals surface area contributed by atoms with Gasteiger partial charge in [-0.2, -0.15) is 4.72 Å². The number of quaternary nitrogens is 1. The summed E-state index contributed by atoms with van der Waals surface area (Å²) in [5.41, 5.74) is 5.23. The number of nitrogens with one attached hydrogen (secondary N) is 4. The number of hydrogen-bond acceptors (Lipinski definition) is 8. The van der Waals surface area contributed by atoms with E-state index in [4.69, 9.17) is 5.73 Å². The Morgan fingerprint density at radius 1 is 0.951 bits per heavy atom. The van der Waals surface area contributed by atoms with E-state index in [1.54, 1.807) is 0 Å². The molecule has 0 aliphatic carbocycles. The van der Waals surface area contributed by atoms with Gasteiger partial charge in [0, 0.05) is 12.4 Å². The van der Waals surface area contributed by atoms with Gasteiger partial charge in [-0.3, -0.25) is 24.2 Å². The monoisotopic (exact) mass is 600 g/mol. The van der Waals surface area contributed by atoms with Crippen LogP contribution in [0.4, 0.5) is 0 Å². The number of hydrogen-bond donors (Lipinski definition) is 6. The van der Waals surface area contributed by atoms with E-state index >= 15 is 0 Å². The van der Waals surface area contributed by atoms with Crippen molar-refractivity contribution in [2.24, 2.45) is 11.7 Å². The second kappa shape index (κ2) is 16.3. The molecule has 7 N–H and O–H groups in total. The predicted molar refractivity (Wildman–Crippen MR) is 152 cm³/mol. The molecule has 4 atom stereocenters. The van der Waals surface area contributed by atoms with E-state index in [1.165, 1.54) is 25.3 Å². The largest absolute Gasteiger partial charge is 0.394 e. The highest BCUT2D eigenvalue weighted by Gasteiger charge is 2.31. The van der Waals surface area contributed by atoms with Crippen molar-refractivity contribution in [3.8, 4) is 0 Å². The highest BCUT2D eigenvalue weighted by Crippen LogP contribution is 2.10. The Morgan fingerprint density at radius 3 is 2.05 bits per heavy atom. The number of amides is 4. The maximum Gasteiger partial charge on any atom is 0.243 e. The molecule has 1 aromatic heterocycles. The predicted octanol–water partition coefficient (Wildman–Crippen LogP) is -1.40. The Balaban J connectivity index is 3.04.